The third kappa shape index (κ3) is 4.97. The predicted molar refractivity (Wildman–Crippen MR) is 105 cm³/mol. The average molecular weight is 421 g/mol. The van der Waals surface area contributed by atoms with Crippen molar-refractivity contribution in [3.8, 4) is 0 Å². The number of esters is 3. The van der Waals surface area contributed by atoms with E-state index in [1.54, 1.807) is 0 Å². The second-order valence-corrected chi connectivity index (χ2v) is 7.94. The number of fused-ring (bicyclic) bond motifs is 1. The fourth-order valence-corrected chi connectivity index (χ4v) is 4.65. The van der Waals surface area contributed by atoms with Crippen LogP contribution in [0.1, 0.15) is 31.9 Å². The van der Waals surface area contributed by atoms with Crippen molar-refractivity contribution in [1.82, 2.24) is 0 Å². The number of aryl methyl sites for hydroxylation is 1. The van der Waals surface area contributed by atoms with Crippen LogP contribution in [0.5, 0.6) is 0 Å². The van der Waals surface area contributed by atoms with Crippen molar-refractivity contribution in [2.75, 3.05) is 6.61 Å². The quantitative estimate of drug-likeness (QED) is 0.526. The zero-order valence-electron chi connectivity index (χ0n) is 16.6. The Kier molecular flexibility index (Phi) is 6.59. The van der Waals surface area contributed by atoms with E-state index in [9.17, 15) is 14.4 Å². The number of benzene rings is 1. The number of rotatable bonds is 5. The summed E-state index contributed by atoms with van der Waals surface area (Å²) in [4.78, 5) is 39.5. The molecule has 1 aromatic rings. The molecule has 0 radical (unpaired) electrons. The van der Waals surface area contributed by atoms with Crippen molar-refractivity contribution in [1.29, 1.82) is 0 Å². The lowest BCUT2D eigenvalue weighted by atomic mass is 9.97. The first-order chi connectivity index (χ1) is 13.8. The Hall–Kier alpha value is -2.39. The molecule has 156 valence electrons. The SMILES string of the molecule is CC(=O)OC[C@H]1OC2SC(c3ccccc3C)=NC2[C@@H](OC(C)=O)[C@@H]1OC(C)=O. The minimum atomic E-state index is -0.947. The Morgan fingerprint density at radius 1 is 1.03 bits per heavy atom. The van der Waals surface area contributed by atoms with Gasteiger partial charge in [-0.1, -0.05) is 36.0 Å². The molecule has 29 heavy (non-hydrogen) atoms. The van der Waals surface area contributed by atoms with Gasteiger partial charge in [0.05, 0.1) is 0 Å². The van der Waals surface area contributed by atoms with Crippen molar-refractivity contribution < 1.29 is 33.3 Å². The lowest BCUT2D eigenvalue weighted by Gasteiger charge is -2.41. The van der Waals surface area contributed by atoms with E-state index < -0.39 is 47.7 Å². The van der Waals surface area contributed by atoms with Crippen LogP contribution in [0, 0.1) is 6.92 Å². The number of hydrogen-bond acceptors (Lipinski definition) is 9. The fraction of sp³-hybridized carbons (Fsp3) is 0.500. The molecule has 2 aliphatic rings. The molecule has 1 saturated heterocycles. The van der Waals surface area contributed by atoms with Gasteiger partial charge in [-0.05, 0) is 12.5 Å². The maximum absolute atomic E-state index is 11.8. The molecule has 2 unspecified atom stereocenters. The van der Waals surface area contributed by atoms with E-state index in [0.29, 0.717) is 0 Å². The van der Waals surface area contributed by atoms with E-state index in [1.807, 2.05) is 31.2 Å². The van der Waals surface area contributed by atoms with Gasteiger partial charge in [0.2, 0.25) is 0 Å². The zero-order valence-corrected chi connectivity index (χ0v) is 17.4. The van der Waals surface area contributed by atoms with Crippen molar-refractivity contribution in [2.45, 2.75) is 57.5 Å². The monoisotopic (exact) mass is 421 g/mol. The number of hydrogen-bond donors (Lipinski definition) is 0. The van der Waals surface area contributed by atoms with Gasteiger partial charge in [0.25, 0.3) is 0 Å². The summed E-state index contributed by atoms with van der Waals surface area (Å²) in [5.41, 5.74) is 1.54. The second kappa shape index (κ2) is 8.96. The maximum atomic E-state index is 11.8. The molecule has 3 rings (SSSR count). The summed E-state index contributed by atoms with van der Waals surface area (Å²) in [6.07, 6.45) is -2.59. The van der Waals surface area contributed by atoms with Gasteiger partial charge in [-0.3, -0.25) is 19.4 Å². The van der Waals surface area contributed by atoms with Gasteiger partial charge in [0.1, 0.15) is 29.2 Å². The number of carbonyl (C=O) groups is 3. The van der Waals surface area contributed by atoms with Crippen LogP contribution in [0.25, 0.3) is 0 Å². The summed E-state index contributed by atoms with van der Waals surface area (Å²) in [5, 5.41) is 0.755. The number of aliphatic imine (C=N–C) groups is 1. The van der Waals surface area contributed by atoms with Crippen molar-refractivity contribution in [2.24, 2.45) is 4.99 Å². The molecule has 0 aliphatic carbocycles. The maximum Gasteiger partial charge on any atom is 0.303 e. The standard InChI is InChI=1S/C20H23NO7S/c1-10-7-5-6-8-14(10)19-21-16-18(27-13(4)24)17(26-12(3)23)15(9-25-11(2)22)28-20(16)29-19/h5-8,15-18,20H,9H2,1-4H3/t15-,16?,17-,18-,20?/m1/s1. The topological polar surface area (TPSA) is 100 Å². The van der Waals surface area contributed by atoms with E-state index in [4.69, 9.17) is 23.9 Å². The van der Waals surface area contributed by atoms with Crippen LogP contribution in [0.4, 0.5) is 0 Å². The van der Waals surface area contributed by atoms with Gasteiger partial charge in [-0.2, -0.15) is 0 Å². The zero-order chi connectivity index (χ0) is 21.1. The van der Waals surface area contributed by atoms with Gasteiger partial charge in [0, 0.05) is 26.3 Å². The van der Waals surface area contributed by atoms with E-state index in [2.05, 4.69) is 0 Å². The van der Waals surface area contributed by atoms with Gasteiger partial charge in [0.15, 0.2) is 12.2 Å². The molecule has 0 saturated carbocycles. The first kappa shape index (κ1) is 21.3. The highest BCUT2D eigenvalue weighted by atomic mass is 32.2. The molecule has 0 N–H and O–H groups in total. The van der Waals surface area contributed by atoms with Crippen molar-refractivity contribution in [3.63, 3.8) is 0 Å². The van der Waals surface area contributed by atoms with Crippen LogP contribution >= 0.6 is 11.8 Å². The van der Waals surface area contributed by atoms with Crippen molar-refractivity contribution in [3.05, 3.63) is 35.4 Å². The smallest absolute Gasteiger partial charge is 0.303 e. The van der Waals surface area contributed by atoms with Crippen LogP contribution < -0.4 is 0 Å². The van der Waals surface area contributed by atoms with Gasteiger partial charge >= 0.3 is 17.9 Å². The minimum Gasteiger partial charge on any atom is -0.463 e. The minimum absolute atomic E-state index is 0.130. The Labute approximate surface area is 172 Å². The molecule has 5 atom stereocenters. The molecular formula is C20H23NO7S. The molecule has 0 amide bonds. The Morgan fingerprint density at radius 2 is 1.69 bits per heavy atom. The number of nitrogens with zero attached hydrogens (tertiary/aromatic N) is 1. The van der Waals surface area contributed by atoms with Crippen LogP contribution in [0.3, 0.4) is 0 Å². The van der Waals surface area contributed by atoms with E-state index in [0.717, 1.165) is 16.2 Å². The summed E-state index contributed by atoms with van der Waals surface area (Å²) < 4.78 is 22.1. The molecule has 2 heterocycles. The highest BCUT2D eigenvalue weighted by Gasteiger charge is 2.53. The molecule has 8 nitrogen and oxygen atoms in total. The van der Waals surface area contributed by atoms with Crippen LogP contribution in [-0.2, 0) is 33.3 Å². The fourth-order valence-electron chi connectivity index (χ4n) is 3.34. The second-order valence-electron chi connectivity index (χ2n) is 6.85. The third-order valence-corrected chi connectivity index (χ3v) is 5.71. The molecule has 1 fully saturated rings. The summed E-state index contributed by atoms with van der Waals surface area (Å²) >= 11 is 1.41. The lowest BCUT2D eigenvalue weighted by Crippen LogP contribution is -2.59. The van der Waals surface area contributed by atoms with Crippen molar-refractivity contribution >= 4 is 34.7 Å². The van der Waals surface area contributed by atoms with E-state index in [1.165, 1.54) is 32.5 Å². The highest BCUT2D eigenvalue weighted by molar-refractivity contribution is 8.15. The van der Waals surface area contributed by atoms with E-state index in [-0.39, 0.29) is 6.61 Å². The molecule has 0 spiro atoms. The van der Waals surface area contributed by atoms with Gasteiger partial charge in [-0.25, -0.2) is 0 Å². The third-order valence-electron chi connectivity index (χ3n) is 4.54. The Bertz CT molecular complexity index is 840. The molecule has 0 bridgehead atoms. The molecule has 9 heteroatoms. The lowest BCUT2D eigenvalue weighted by molar-refractivity contribution is -0.208. The number of thioether (sulfide) groups is 1. The highest BCUT2D eigenvalue weighted by Crippen LogP contribution is 2.41. The summed E-state index contributed by atoms with van der Waals surface area (Å²) in [6, 6.07) is 7.24. The molecule has 0 aromatic heterocycles. The van der Waals surface area contributed by atoms with Crippen LogP contribution in [-0.4, -0.2) is 59.3 Å². The normalized spacial score (nSPS) is 28.1. The van der Waals surface area contributed by atoms with Crippen LogP contribution in [0.15, 0.2) is 29.3 Å². The average Bonchev–Trinajstić information content (AvgIpc) is 3.05. The Balaban J connectivity index is 1.94. The summed E-state index contributed by atoms with van der Waals surface area (Å²) in [6.45, 7) is 5.67. The van der Waals surface area contributed by atoms with Gasteiger partial charge < -0.3 is 18.9 Å². The molecular weight excluding hydrogens is 398 g/mol. The molecule has 1 aromatic carbocycles. The van der Waals surface area contributed by atoms with Gasteiger partial charge in [-0.15, -0.1) is 0 Å². The number of carbonyl (C=O) groups excluding carboxylic acids is 3. The predicted octanol–water partition coefficient (Wildman–Crippen LogP) is 2.01. The molecule has 2 aliphatic heterocycles. The Morgan fingerprint density at radius 3 is 2.31 bits per heavy atom. The first-order valence-electron chi connectivity index (χ1n) is 9.20. The van der Waals surface area contributed by atoms with E-state index >= 15 is 0 Å². The first-order valence-corrected chi connectivity index (χ1v) is 10.1. The number of ether oxygens (including phenoxy) is 4. The summed E-state index contributed by atoms with van der Waals surface area (Å²) in [5.74, 6) is -1.57. The van der Waals surface area contributed by atoms with Crippen LogP contribution in [0.2, 0.25) is 0 Å². The summed E-state index contributed by atoms with van der Waals surface area (Å²) in [7, 11) is 0. The largest absolute Gasteiger partial charge is 0.463 e.